The molecule has 7 nitrogen and oxygen atoms in total. The van der Waals surface area contributed by atoms with Crippen molar-refractivity contribution in [1.29, 1.82) is 5.26 Å². The average molecular weight is 259 g/mol. The minimum atomic E-state index is -1.14. The van der Waals surface area contributed by atoms with Gasteiger partial charge in [0.2, 0.25) is 0 Å². The van der Waals surface area contributed by atoms with Gasteiger partial charge in [0.05, 0.1) is 4.92 Å². The van der Waals surface area contributed by atoms with Crippen LogP contribution in [0.2, 0.25) is 0 Å². The SMILES string of the molecule is C#CCC(Nc1ccc([N+](=O)[O-])c(C#N)c1)C(=O)O. The summed E-state index contributed by atoms with van der Waals surface area (Å²) >= 11 is 0. The second kappa shape index (κ2) is 6.03. The molecule has 0 aliphatic rings. The van der Waals surface area contributed by atoms with Crippen LogP contribution < -0.4 is 5.32 Å². The van der Waals surface area contributed by atoms with E-state index in [9.17, 15) is 14.9 Å². The third kappa shape index (κ3) is 3.45. The third-order valence-electron chi connectivity index (χ3n) is 2.27. The molecular weight excluding hydrogens is 250 g/mol. The van der Waals surface area contributed by atoms with E-state index in [1.54, 1.807) is 6.07 Å². The topological polar surface area (TPSA) is 116 Å². The number of nitro groups is 1. The number of hydrogen-bond acceptors (Lipinski definition) is 5. The number of hydrogen-bond donors (Lipinski definition) is 2. The van der Waals surface area contributed by atoms with Crippen LogP contribution in [0.1, 0.15) is 12.0 Å². The molecule has 1 aromatic carbocycles. The van der Waals surface area contributed by atoms with Crippen molar-refractivity contribution in [3.05, 3.63) is 33.9 Å². The molecule has 1 unspecified atom stereocenters. The number of aliphatic carboxylic acids is 1. The number of nitriles is 1. The maximum absolute atomic E-state index is 10.9. The number of nitrogens with one attached hydrogen (secondary N) is 1. The summed E-state index contributed by atoms with van der Waals surface area (Å²) in [5.41, 5.74) is -0.207. The van der Waals surface area contributed by atoms with Gasteiger partial charge in [-0.2, -0.15) is 5.26 Å². The summed E-state index contributed by atoms with van der Waals surface area (Å²) < 4.78 is 0. The number of nitro benzene ring substituents is 1. The smallest absolute Gasteiger partial charge is 0.327 e. The molecule has 1 rings (SSSR count). The number of carboxylic acid groups (broad SMARTS) is 1. The molecule has 0 bridgehead atoms. The van der Waals surface area contributed by atoms with Gasteiger partial charge in [-0.25, -0.2) is 4.79 Å². The van der Waals surface area contributed by atoms with E-state index in [1.807, 2.05) is 0 Å². The first-order valence-corrected chi connectivity index (χ1v) is 5.11. The van der Waals surface area contributed by atoms with E-state index in [0.29, 0.717) is 0 Å². The van der Waals surface area contributed by atoms with Crippen molar-refractivity contribution in [2.75, 3.05) is 5.32 Å². The van der Waals surface area contributed by atoms with E-state index in [2.05, 4.69) is 11.2 Å². The lowest BCUT2D eigenvalue weighted by atomic mass is 10.1. The van der Waals surface area contributed by atoms with Crippen LogP contribution in [-0.4, -0.2) is 22.0 Å². The fourth-order valence-electron chi connectivity index (χ4n) is 1.39. The lowest BCUT2D eigenvalue weighted by molar-refractivity contribution is -0.385. The lowest BCUT2D eigenvalue weighted by Crippen LogP contribution is -2.28. The van der Waals surface area contributed by atoms with Gasteiger partial charge < -0.3 is 10.4 Å². The molecule has 19 heavy (non-hydrogen) atoms. The van der Waals surface area contributed by atoms with Gasteiger partial charge in [-0.15, -0.1) is 12.3 Å². The molecule has 0 fully saturated rings. The number of carboxylic acids is 1. The predicted octanol–water partition coefficient (Wildman–Crippen LogP) is 1.35. The van der Waals surface area contributed by atoms with Crippen molar-refractivity contribution in [3.63, 3.8) is 0 Å². The summed E-state index contributed by atoms with van der Waals surface area (Å²) in [5.74, 6) is 1.07. The first-order chi connectivity index (χ1) is 8.99. The zero-order chi connectivity index (χ0) is 14.4. The molecule has 1 aromatic rings. The van der Waals surface area contributed by atoms with Crippen LogP contribution in [0.3, 0.4) is 0 Å². The highest BCUT2D eigenvalue weighted by molar-refractivity contribution is 5.78. The Kier molecular flexibility index (Phi) is 4.44. The standard InChI is InChI=1S/C12H9N3O4/c1-2-3-10(12(16)17)14-9-4-5-11(15(18)19)8(6-9)7-13/h1,4-6,10,14H,3H2,(H,16,17). The molecule has 0 spiro atoms. The maximum atomic E-state index is 10.9. The van der Waals surface area contributed by atoms with Gasteiger partial charge in [-0.1, -0.05) is 0 Å². The molecule has 2 N–H and O–H groups in total. The van der Waals surface area contributed by atoms with Crippen molar-refractivity contribution < 1.29 is 14.8 Å². The molecule has 0 aliphatic heterocycles. The molecular formula is C12H9N3O4. The summed E-state index contributed by atoms with van der Waals surface area (Å²) in [6, 6.07) is 4.34. The number of anilines is 1. The minimum absolute atomic E-state index is 0.0474. The Morgan fingerprint density at radius 2 is 2.32 bits per heavy atom. The monoisotopic (exact) mass is 259 g/mol. The van der Waals surface area contributed by atoms with Crippen LogP contribution in [-0.2, 0) is 4.79 Å². The van der Waals surface area contributed by atoms with Gasteiger partial charge >= 0.3 is 5.97 Å². The zero-order valence-electron chi connectivity index (χ0n) is 9.66. The van der Waals surface area contributed by atoms with E-state index < -0.39 is 16.9 Å². The molecule has 1 atom stereocenters. The van der Waals surface area contributed by atoms with Crippen molar-refractivity contribution in [1.82, 2.24) is 0 Å². The number of carbonyl (C=O) groups is 1. The van der Waals surface area contributed by atoms with E-state index in [1.165, 1.54) is 12.1 Å². The molecule has 0 aromatic heterocycles. The first-order valence-electron chi connectivity index (χ1n) is 5.11. The quantitative estimate of drug-likeness (QED) is 0.468. The highest BCUT2D eigenvalue weighted by Gasteiger charge is 2.18. The molecule has 0 heterocycles. The van der Waals surface area contributed by atoms with Crippen LogP contribution >= 0.6 is 0 Å². The highest BCUT2D eigenvalue weighted by Crippen LogP contribution is 2.22. The van der Waals surface area contributed by atoms with E-state index in [-0.39, 0.29) is 23.4 Å². The molecule has 0 saturated heterocycles. The third-order valence-corrected chi connectivity index (χ3v) is 2.27. The van der Waals surface area contributed by atoms with E-state index >= 15 is 0 Å². The molecule has 0 amide bonds. The summed E-state index contributed by atoms with van der Waals surface area (Å²) in [6.45, 7) is 0. The zero-order valence-corrected chi connectivity index (χ0v) is 9.66. The normalized spacial score (nSPS) is 10.8. The average Bonchev–Trinajstić information content (AvgIpc) is 2.37. The van der Waals surface area contributed by atoms with Crippen molar-refractivity contribution in [2.45, 2.75) is 12.5 Å². The molecule has 7 heteroatoms. The van der Waals surface area contributed by atoms with Crippen molar-refractivity contribution in [3.8, 4) is 18.4 Å². The Morgan fingerprint density at radius 1 is 1.63 bits per heavy atom. The summed E-state index contributed by atoms with van der Waals surface area (Å²) in [6.07, 6.45) is 5.00. The van der Waals surface area contributed by atoms with Gasteiger partial charge in [-0.05, 0) is 12.1 Å². The van der Waals surface area contributed by atoms with E-state index in [4.69, 9.17) is 16.8 Å². The van der Waals surface area contributed by atoms with Gasteiger partial charge in [0.1, 0.15) is 17.7 Å². The van der Waals surface area contributed by atoms with Gasteiger partial charge in [0.15, 0.2) is 0 Å². The molecule has 96 valence electrons. The fourth-order valence-corrected chi connectivity index (χ4v) is 1.39. The van der Waals surface area contributed by atoms with Crippen LogP contribution in [0.4, 0.5) is 11.4 Å². The molecule has 0 saturated carbocycles. The number of rotatable bonds is 5. The van der Waals surface area contributed by atoms with Crippen molar-refractivity contribution in [2.24, 2.45) is 0 Å². The van der Waals surface area contributed by atoms with Gasteiger partial charge in [0, 0.05) is 18.2 Å². The van der Waals surface area contributed by atoms with Crippen molar-refractivity contribution >= 4 is 17.3 Å². The number of nitrogens with zero attached hydrogens (tertiary/aromatic N) is 2. The van der Waals surface area contributed by atoms with Crippen LogP contribution in [0, 0.1) is 33.8 Å². The Hall–Kier alpha value is -3.06. The maximum Gasteiger partial charge on any atom is 0.327 e. The second-order valence-electron chi connectivity index (χ2n) is 3.54. The first kappa shape index (κ1) is 14.0. The van der Waals surface area contributed by atoms with Crippen LogP contribution in [0.5, 0.6) is 0 Å². The number of terminal acetylenes is 1. The Morgan fingerprint density at radius 3 is 2.79 bits per heavy atom. The van der Waals surface area contributed by atoms with Crippen LogP contribution in [0.25, 0.3) is 0 Å². The van der Waals surface area contributed by atoms with Gasteiger partial charge in [0.25, 0.3) is 5.69 Å². The second-order valence-corrected chi connectivity index (χ2v) is 3.54. The number of benzene rings is 1. The Labute approximate surface area is 108 Å². The molecule has 0 radical (unpaired) electrons. The fraction of sp³-hybridized carbons (Fsp3) is 0.167. The summed E-state index contributed by atoms with van der Waals surface area (Å²) in [5, 5.41) is 31.0. The lowest BCUT2D eigenvalue weighted by Gasteiger charge is -2.13. The predicted molar refractivity (Wildman–Crippen MR) is 66.3 cm³/mol. The molecule has 0 aliphatic carbocycles. The van der Waals surface area contributed by atoms with E-state index in [0.717, 1.165) is 6.07 Å². The minimum Gasteiger partial charge on any atom is -0.480 e. The van der Waals surface area contributed by atoms with Gasteiger partial charge in [-0.3, -0.25) is 10.1 Å². The van der Waals surface area contributed by atoms with Crippen LogP contribution in [0.15, 0.2) is 18.2 Å². The largest absolute Gasteiger partial charge is 0.480 e. The summed E-state index contributed by atoms with van der Waals surface area (Å²) in [7, 11) is 0. The Bertz CT molecular complexity index is 598. The highest BCUT2D eigenvalue weighted by atomic mass is 16.6. The summed E-state index contributed by atoms with van der Waals surface area (Å²) in [4.78, 5) is 20.8. The Balaban J connectivity index is 3.04.